The third-order valence-electron chi connectivity index (χ3n) is 0. The first-order valence-corrected chi connectivity index (χ1v) is 0. The van der Waals surface area contributed by atoms with Crippen LogP contribution in [0.4, 0.5) is 0 Å². The zero-order valence-corrected chi connectivity index (χ0v) is 13.4. The minimum Gasteiger partial charge on any atom is -2.00 e. The second-order valence-electron chi connectivity index (χ2n) is 0. The molecule has 7 heavy (non-hydrogen) atoms. The minimum absolute atomic E-state index is 0. The molecule has 0 aliphatic heterocycles. The Kier molecular flexibility index (Phi) is 476. The average Bonchev–Trinajstić information content (AvgIpc) is 0. The Bertz CT molecular complexity index is 10.9. The van der Waals surface area contributed by atoms with Crippen LogP contribution in [-0.2, 0) is 61.2 Å². The maximum Gasteiger partial charge on any atom is 3.00 e. The van der Waals surface area contributed by atoms with Crippen LogP contribution in [0, 0.1) is 83.5 Å². The van der Waals surface area contributed by atoms with Crippen LogP contribution in [0.15, 0.2) is 0 Å². The van der Waals surface area contributed by atoms with Crippen LogP contribution in [0.5, 0.6) is 0 Å². The summed E-state index contributed by atoms with van der Waals surface area (Å²) in [6, 6.07) is 0. The van der Waals surface area contributed by atoms with Crippen LogP contribution >= 0.6 is 0 Å². The maximum absolute atomic E-state index is 0. The van der Waals surface area contributed by atoms with Crippen molar-refractivity contribution in [3.05, 3.63) is 0 Å². The van der Waals surface area contributed by atoms with Gasteiger partial charge in [-0.25, -0.2) is 0 Å². The molecular formula is Au2Ce2O3. The van der Waals surface area contributed by atoms with Crippen molar-refractivity contribution in [1.82, 2.24) is 0 Å². The fourth-order valence-corrected chi connectivity index (χ4v) is 0. The molecule has 0 N–H and O–H groups in total. The van der Waals surface area contributed by atoms with Crippen molar-refractivity contribution in [2.45, 2.75) is 0 Å². The predicted octanol–water partition coefficient (Wildman–Crippen LogP) is -0.361. The van der Waals surface area contributed by atoms with E-state index in [9.17, 15) is 0 Å². The molecule has 0 aromatic rings. The van der Waals surface area contributed by atoms with Gasteiger partial charge in [0.05, 0.1) is 0 Å². The van der Waals surface area contributed by atoms with Crippen molar-refractivity contribution in [1.29, 1.82) is 0 Å². The van der Waals surface area contributed by atoms with Crippen LogP contribution in [0.2, 0.25) is 0 Å². The number of rotatable bonds is 0. The molecule has 4 radical (unpaired) electrons. The fourth-order valence-electron chi connectivity index (χ4n) is 0. The smallest absolute Gasteiger partial charge is 2.00 e. The van der Waals surface area contributed by atoms with E-state index >= 15 is 0 Å². The van der Waals surface area contributed by atoms with Gasteiger partial charge in [-0.05, 0) is 0 Å². The molecule has 0 aliphatic rings. The van der Waals surface area contributed by atoms with Crippen molar-refractivity contribution in [2.24, 2.45) is 0 Å². The van der Waals surface area contributed by atoms with Crippen LogP contribution < -0.4 is 0 Å². The van der Waals surface area contributed by atoms with Gasteiger partial charge >= 0.3 is 83.5 Å². The first-order valence-electron chi connectivity index (χ1n) is 0. The summed E-state index contributed by atoms with van der Waals surface area (Å²) in [7, 11) is 0. The van der Waals surface area contributed by atoms with Crippen LogP contribution in [0.3, 0.4) is 0 Å². The molecule has 0 spiro atoms. The molecule has 48 valence electrons. The molecule has 0 heterocycles. The predicted molar refractivity (Wildman–Crippen MR) is 2.06 cm³/mol. The molecule has 0 rings (SSSR count). The first kappa shape index (κ1) is 67.2. The third-order valence-corrected chi connectivity index (χ3v) is 0. The monoisotopic (exact) mass is 722 g/mol. The number of hydrogen-bond donors (Lipinski definition) is 0. The number of hydrogen-bond acceptors (Lipinski definition) is 0. The molecule has 0 atom stereocenters. The Morgan fingerprint density at radius 2 is 0.429 bits per heavy atom. The molecule has 0 bridgehead atoms. The van der Waals surface area contributed by atoms with Crippen LogP contribution in [0.25, 0.3) is 0 Å². The van der Waals surface area contributed by atoms with E-state index in [1.54, 1.807) is 0 Å². The molecule has 0 amide bonds. The molecule has 0 unspecified atom stereocenters. The summed E-state index contributed by atoms with van der Waals surface area (Å²) in [6.07, 6.45) is 0. The standard InChI is InChI=1S/2Au.2Ce.3O/q;;2*+3;3*-2. The SMILES string of the molecule is [Au].[Au].[Ce+3].[Ce+3].[O-2].[O-2].[O-2]. The zero-order chi connectivity index (χ0) is 0. The van der Waals surface area contributed by atoms with Crippen molar-refractivity contribution >= 4 is 0 Å². The molecule has 7 heteroatoms. The van der Waals surface area contributed by atoms with Crippen LogP contribution in [-0.4, -0.2) is 0 Å². The summed E-state index contributed by atoms with van der Waals surface area (Å²) in [4.78, 5) is 0. The van der Waals surface area contributed by atoms with Gasteiger partial charge in [0, 0.05) is 44.8 Å². The van der Waals surface area contributed by atoms with E-state index < -0.39 is 0 Å². The van der Waals surface area contributed by atoms with Gasteiger partial charge in [0.2, 0.25) is 0 Å². The zero-order valence-electron chi connectivity index (χ0n) is 2.83. The van der Waals surface area contributed by atoms with Gasteiger partial charge in [0.25, 0.3) is 0 Å². The summed E-state index contributed by atoms with van der Waals surface area (Å²) < 4.78 is 0. The third kappa shape index (κ3) is 39.3. The van der Waals surface area contributed by atoms with E-state index in [4.69, 9.17) is 0 Å². The van der Waals surface area contributed by atoms with Gasteiger partial charge in [-0.15, -0.1) is 0 Å². The summed E-state index contributed by atoms with van der Waals surface area (Å²) >= 11 is 0. The van der Waals surface area contributed by atoms with E-state index in [0.29, 0.717) is 0 Å². The molecule has 0 saturated heterocycles. The van der Waals surface area contributed by atoms with Crippen molar-refractivity contribution in [3.63, 3.8) is 0 Å². The molecule has 0 aliphatic carbocycles. The Morgan fingerprint density at radius 1 is 0.429 bits per heavy atom. The summed E-state index contributed by atoms with van der Waals surface area (Å²) in [6.45, 7) is 0. The Morgan fingerprint density at radius 3 is 0.429 bits per heavy atom. The maximum atomic E-state index is 0. The van der Waals surface area contributed by atoms with E-state index in [2.05, 4.69) is 0 Å². The Hall–Kier alpha value is 4.11. The molecule has 0 aromatic heterocycles. The van der Waals surface area contributed by atoms with E-state index in [1.165, 1.54) is 0 Å². The average molecular weight is 722 g/mol. The first-order chi connectivity index (χ1) is 0. The van der Waals surface area contributed by atoms with Crippen LogP contribution in [0.1, 0.15) is 0 Å². The van der Waals surface area contributed by atoms with E-state index in [0.717, 1.165) is 0 Å². The quantitative estimate of drug-likeness (QED) is 0.307. The Labute approximate surface area is 141 Å². The minimum atomic E-state index is 0. The summed E-state index contributed by atoms with van der Waals surface area (Å²) in [5.74, 6) is 0. The largest absolute Gasteiger partial charge is 3.00 e. The van der Waals surface area contributed by atoms with Gasteiger partial charge in [0.15, 0.2) is 0 Å². The molecule has 0 fully saturated rings. The van der Waals surface area contributed by atoms with Crippen molar-refractivity contribution < 1.29 is 145 Å². The Balaban J connectivity index is 0. The molecular weight excluding hydrogens is 722 g/mol. The van der Waals surface area contributed by atoms with Gasteiger partial charge in [0.1, 0.15) is 0 Å². The summed E-state index contributed by atoms with van der Waals surface area (Å²) in [5, 5.41) is 0. The summed E-state index contributed by atoms with van der Waals surface area (Å²) in [5.41, 5.74) is 0. The van der Waals surface area contributed by atoms with Gasteiger partial charge < -0.3 is 16.4 Å². The topological polar surface area (TPSA) is 85.5 Å². The fraction of sp³-hybridized carbons (Fsp3) is 0. The second kappa shape index (κ2) is 49.6. The molecule has 3 nitrogen and oxygen atoms in total. The molecule has 0 aromatic carbocycles. The van der Waals surface area contributed by atoms with Gasteiger partial charge in [-0.1, -0.05) is 0 Å². The second-order valence-corrected chi connectivity index (χ2v) is 0. The van der Waals surface area contributed by atoms with Gasteiger partial charge in [-0.2, -0.15) is 0 Å². The van der Waals surface area contributed by atoms with E-state index in [1.807, 2.05) is 0 Å². The van der Waals surface area contributed by atoms with Gasteiger partial charge in [-0.3, -0.25) is 0 Å². The van der Waals surface area contributed by atoms with E-state index in [-0.39, 0.29) is 145 Å². The molecule has 0 saturated carbocycles. The van der Waals surface area contributed by atoms with Crippen molar-refractivity contribution in [2.75, 3.05) is 0 Å². The van der Waals surface area contributed by atoms with Crippen molar-refractivity contribution in [3.8, 4) is 0 Å². The normalized spacial score (nSPS) is 0.